The van der Waals surface area contributed by atoms with E-state index >= 15 is 0 Å². The van der Waals surface area contributed by atoms with E-state index in [4.69, 9.17) is 5.11 Å². The van der Waals surface area contributed by atoms with Gasteiger partial charge in [-0.2, -0.15) is 0 Å². The van der Waals surface area contributed by atoms with Gasteiger partial charge in [0.15, 0.2) is 0 Å². The number of fused-ring (bicyclic) bond motifs is 1. The van der Waals surface area contributed by atoms with Crippen LogP contribution >= 0.6 is 0 Å². The van der Waals surface area contributed by atoms with Crippen LogP contribution in [0.15, 0.2) is 47.7 Å². The molecule has 98 valence electrons. The van der Waals surface area contributed by atoms with E-state index in [0.717, 1.165) is 5.56 Å². The Balaban J connectivity index is 2.37. The van der Waals surface area contributed by atoms with E-state index < -0.39 is 11.5 Å². The van der Waals surface area contributed by atoms with Crippen molar-refractivity contribution in [2.45, 2.75) is 0 Å². The number of nitrogens with one attached hydrogen (secondary N) is 1. The van der Waals surface area contributed by atoms with E-state index in [1.807, 2.05) is 6.07 Å². The Morgan fingerprint density at radius 1 is 1.25 bits per heavy atom. The summed E-state index contributed by atoms with van der Waals surface area (Å²) >= 11 is 0. The minimum Gasteiger partial charge on any atom is -0.477 e. The molecule has 0 spiro atoms. The first-order valence-electron chi connectivity index (χ1n) is 5.82. The summed E-state index contributed by atoms with van der Waals surface area (Å²) in [6, 6.07) is 6.55. The lowest BCUT2D eigenvalue weighted by Gasteiger charge is -2.06. The molecular formula is C14H9N3O3. The molecule has 0 aliphatic carbocycles. The summed E-state index contributed by atoms with van der Waals surface area (Å²) < 4.78 is 0. The van der Waals surface area contributed by atoms with E-state index in [2.05, 4.69) is 15.0 Å². The molecule has 0 aliphatic rings. The molecule has 20 heavy (non-hydrogen) atoms. The van der Waals surface area contributed by atoms with Crippen molar-refractivity contribution in [2.24, 2.45) is 0 Å². The highest BCUT2D eigenvalue weighted by molar-refractivity contribution is 5.97. The minimum atomic E-state index is -1.27. The molecule has 3 aromatic heterocycles. The van der Waals surface area contributed by atoms with Gasteiger partial charge in [0.25, 0.3) is 5.56 Å². The van der Waals surface area contributed by atoms with Crippen LogP contribution in [0.2, 0.25) is 0 Å². The SMILES string of the molecule is O=C(O)c1cc2c(-c3cccnc3)nccc2[nH]c1=O. The number of rotatable bonds is 2. The van der Waals surface area contributed by atoms with Crippen molar-refractivity contribution in [1.82, 2.24) is 15.0 Å². The number of pyridine rings is 3. The fourth-order valence-electron chi connectivity index (χ4n) is 2.02. The maximum Gasteiger partial charge on any atom is 0.341 e. The largest absolute Gasteiger partial charge is 0.477 e. The summed E-state index contributed by atoms with van der Waals surface area (Å²) in [5, 5.41) is 9.60. The smallest absolute Gasteiger partial charge is 0.341 e. The van der Waals surface area contributed by atoms with Crippen LogP contribution in [0.5, 0.6) is 0 Å². The normalized spacial score (nSPS) is 10.6. The number of carboxylic acid groups (broad SMARTS) is 1. The fourth-order valence-corrected chi connectivity index (χ4v) is 2.02. The lowest BCUT2D eigenvalue weighted by atomic mass is 10.1. The Hall–Kier alpha value is -3.02. The van der Waals surface area contributed by atoms with E-state index in [1.165, 1.54) is 6.07 Å². The monoisotopic (exact) mass is 267 g/mol. The van der Waals surface area contributed by atoms with E-state index in [9.17, 15) is 9.59 Å². The molecule has 0 saturated heterocycles. The first-order chi connectivity index (χ1) is 9.66. The van der Waals surface area contributed by atoms with Gasteiger partial charge in [0, 0.05) is 29.5 Å². The van der Waals surface area contributed by atoms with Gasteiger partial charge in [-0.1, -0.05) is 0 Å². The van der Waals surface area contributed by atoms with Gasteiger partial charge in [-0.25, -0.2) is 4.79 Å². The minimum absolute atomic E-state index is 0.310. The number of aromatic carboxylic acids is 1. The predicted molar refractivity (Wildman–Crippen MR) is 72.6 cm³/mol. The number of hydrogen-bond acceptors (Lipinski definition) is 4. The van der Waals surface area contributed by atoms with E-state index in [0.29, 0.717) is 16.6 Å². The van der Waals surface area contributed by atoms with Gasteiger partial charge in [0.1, 0.15) is 5.56 Å². The molecule has 6 heteroatoms. The molecule has 0 bridgehead atoms. The van der Waals surface area contributed by atoms with E-state index in [1.54, 1.807) is 30.7 Å². The van der Waals surface area contributed by atoms with Gasteiger partial charge in [-0.15, -0.1) is 0 Å². The third-order valence-corrected chi connectivity index (χ3v) is 2.94. The molecule has 0 atom stereocenters. The molecule has 0 radical (unpaired) electrons. The van der Waals surface area contributed by atoms with Crippen LogP contribution in [0.25, 0.3) is 22.2 Å². The molecule has 3 aromatic rings. The Morgan fingerprint density at radius 3 is 2.80 bits per heavy atom. The highest BCUT2D eigenvalue weighted by atomic mass is 16.4. The van der Waals surface area contributed by atoms with Crippen molar-refractivity contribution in [3.63, 3.8) is 0 Å². The van der Waals surface area contributed by atoms with Crippen molar-refractivity contribution >= 4 is 16.9 Å². The number of aromatic amines is 1. The van der Waals surface area contributed by atoms with Gasteiger partial charge in [0.05, 0.1) is 11.2 Å². The first kappa shape index (κ1) is 12.0. The van der Waals surface area contributed by atoms with Crippen LogP contribution < -0.4 is 5.56 Å². The van der Waals surface area contributed by atoms with Crippen molar-refractivity contribution < 1.29 is 9.90 Å². The number of hydrogen-bond donors (Lipinski definition) is 2. The third kappa shape index (κ3) is 1.93. The number of nitrogens with zero attached hydrogens (tertiary/aromatic N) is 2. The molecule has 6 nitrogen and oxygen atoms in total. The second-order valence-electron chi connectivity index (χ2n) is 4.18. The van der Waals surface area contributed by atoms with Crippen LogP contribution in [0.4, 0.5) is 0 Å². The topological polar surface area (TPSA) is 95.9 Å². The van der Waals surface area contributed by atoms with Gasteiger partial charge >= 0.3 is 5.97 Å². The van der Waals surface area contributed by atoms with Crippen LogP contribution in [-0.4, -0.2) is 26.0 Å². The zero-order chi connectivity index (χ0) is 14.1. The van der Waals surface area contributed by atoms with Gasteiger partial charge < -0.3 is 10.1 Å². The van der Waals surface area contributed by atoms with Gasteiger partial charge in [-0.05, 0) is 24.3 Å². The molecule has 2 N–H and O–H groups in total. The van der Waals surface area contributed by atoms with Crippen LogP contribution in [0.3, 0.4) is 0 Å². The summed E-state index contributed by atoms with van der Waals surface area (Å²) in [5.41, 5.74) is 0.925. The Bertz CT molecular complexity index is 856. The van der Waals surface area contributed by atoms with Crippen molar-refractivity contribution in [2.75, 3.05) is 0 Å². The maximum absolute atomic E-state index is 11.7. The van der Waals surface area contributed by atoms with Gasteiger partial charge in [-0.3, -0.25) is 14.8 Å². The number of aromatic nitrogens is 3. The highest BCUT2D eigenvalue weighted by Gasteiger charge is 2.13. The fraction of sp³-hybridized carbons (Fsp3) is 0. The van der Waals surface area contributed by atoms with Crippen molar-refractivity contribution in [3.05, 3.63) is 58.8 Å². The Kier molecular flexibility index (Phi) is 2.76. The molecule has 0 amide bonds. The lowest BCUT2D eigenvalue weighted by molar-refractivity contribution is 0.0695. The van der Waals surface area contributed by atoms with Gasteiger partial charge in [0.2, 0.25) is 0 Å². The summed E-state index contributed by atoms with van der Waals surface area (Å²) in [6.07, 6.45) is 4.83. The molecule has 0 aliphatic heterocycles. The molecule has 0 saturated carbocycles. The Labute approximate surface area is 112 Å². The second kappa shape index (κ2) is 4.58. The van der Waals surface area contributed by atoms with Crippen molar-refractivity contribution in [1.29, 1.82) is 0 Å². The summed E-state index contributed by atoms with van der Waals surface area (Å²) in [4.78, 5) is 33.5. The second-order valence-corrected chi connectivity index (χ2v) is 4.18. The average molecular weight is 267 g/mol. The first-order valence-corrected chi connectivity index (χ1v) is 5.82. The quantitative estimate of drug-likeness (QED) is 0.736. The van der Waals surface area contributed by atoms with Crippen molar-refractivity contribution in [3.8, 4) is 11.3 Å². The third-order valence-electron chi connectivity index (χ3n) is 2.94. The zero-order valence-corrected chi connectivity index (χ0v) is 10.2. The molecule has 3 rings (SSSR count). The molecule has 0 aromatic carbocycles. The number of carboxylic acids is 1. The van der Waals surface area contributed by atoms with Crippen LogP contribution in [-0.2, 0) is 0 Å². The lowest BCUT2D eigenvalue weighted by Crippen LogP contribution is -2.17. The Morgan fingerprint density at radius 2 is 2.10 bits per heavy atom. The average Bonchev–Trinajstić information content (AvgIpc) is 2.46. The van der Waals surface area contributed by atoms with Crippen LogP contribution in [0, 0.1) is 0 Å². The van der Waals surface area contributed by atoms with Crippen LogP contribution in [0.1, 0.15) is 10.4 Å². The maximum atomic E-state index is 11.7. The standard InChI is InChI=1S/C14H9N3O3/c18-13-10(14(19)20)6-9-11(17-13)3-5-16-12(9)8-2-1-4-15-7-8/h1-7H,(H,17,18)(H,19,20). The predicted octanol–water partition coefficient (Wildman–Crippen LogP) is 1.68. The molecule has 0 unspecified atom stereocenters. The molecular weight excluding hydrogens is 258 g/mol. The zero-order valence-electron chi connectivity index (χ0n) is 10.2. The molecule has 3 heterocycles. The summed E-state index contributed by atoms with van der Waals surface area (Å²) in [7, 11) is 0. The highest BCUT2D eigenvalue weighted by Crippen LogP contribution is 2.24. The van der Waals surface area contributed by atoms with E-state index in [-0.39, 0.29) is 5.56 Å². The summed E-state index contributed by atoms with van der Waals surface area (Å²) in [6.45, 7) is 0. The number of carbonyl (C=O) groups is 1. The number of H-pyrrole nitrogens is 1. The summed E-state index contributed by atoms with van der Waals surface area (Å²) in [5.74, 6) is -1.27. The molecule has 0 fully saturated rings.